The largest absolute Gasteiger partial charge is 0.396 e. The maximum atomic E-state index is 10.8. The molecule has 4 heteroatoms. The van der Waals surface area contributed by atoms with Gasteiger partial charge in [-0.25, -0.2) is 0 Å². The Morgan fingerprint density at radius 1 is 1.67 bits per heavy atom. The SMILES string of the molecule is O=C1CCC(C(O)CCCO)N1. The minimum Gasteiger partial charge on any atom is -0.396 e. The molecule has 2 atom stereocenters. The van der Waals surface area contributed by atoms with Crippen molar-refractivity contribution >= 4 is 5.91 Å². The van der Waals surface area contributed by atoms with Gasteiger partial charge in [-0.3, -0.25) is 4.79 Å². The minimum absolute atomic E-state index is 0.0167. The van der Waals surface area contributed by atoms with Gasteiger partial charge in [0, 0.05) is 13.0 Å². The van der Waals surface area contributed by atoms with Crippen molar-refractivity contribution in [2.75, 3.05) is 6.61 Å². The molecule has 1 rings (SSSR count). The van der Waals surface area contributed by atoms with Gasteiger partial charge in [-0.2, -0.15) is 0 Å². The van der Waals surface area contributed by atoms with E-state index in [1.165, 1.54) is 0 Å². The molecule has 1 heterocycles. The minimum atomic E-state index is -0.497. The van der Waals surface area contributed by atoms with Crippen LogP contribution in [0.1, 0.15) is 25.7 Å². The highest BCUT2D eigenvalue weighted by atomic mass is 16.3. The van der Waals surface area contributed by atoms with E-state index in [0.717, 1.165) is 0 Å². The molecule has 1 aliphatic rings. The molecule has 4 nitrogen and oxygen atoms in total. The van der Waals surface area contributed by atoms with Gasteiger partial charge >= 0.3 is 0 Å². The first-order chi connectivity index (χ1) is 5.74. The van der Waals surface area contributed by atoms with Crippen molar-refractivity contribution in [3.8, 4) is 0 Å². The summed E-state index contributed by atoms with van der Waals surface area (Å²) in [4.78, 5) is 10.8. The molecule has 12 heavy (non-hydrogen) atoms. The molecule has 1 fully saturated rings. The Balaban J connectivity index is 2.23. The van der Waals surface area contributed by atoms with Crippen LogP contribution in [0.2, 0.25) is 0 Å². The van der Waals surface area contributed by atoms with E-state index in [1.807, 2.05) is 0 Å². The van der Waals surface area contributed by atoms with Gasteiger partial charge in [0.25, 0.3) is 0 Å². The van der Waals surface area contributed by atoms with Crippen molar-refractivity contribution in [2.24, 2.45) is 0 Å². The second-order valence-corrected chi connectivity index (χ2v) is 3.15. The topological polar surface area (TPSA) is 69.6 Å². The summed E-state index contributed by atoms with van der Waals surface area (Å²) >= 11 is 0. The van der Waals surface area contributed by atoms with Crippen molar-refractivity contribution in [1.82, 2.24) is 5.32 Å². The second-order valence-electron chi connectivity index (χ2n) is 3.15. The Morgan fingerprint density at radius 3 is 2.92 bits per heavy atom. The van der Waals surface area contributed by atoms with Crippen molar-refractivity contribution in [3.63, 3.8) is 0 Å². The highest BCUT2D eigenvalue weighted by molar-refractivity contribution is 5.78. The lowest BCUT2D eigenvalue weighted by atomic mass is 10.1. The molecule has 0 aromatic heterocycles. The quantitative estimate of drug-likeness (QED) is 0.531. The Hall–Kier alpha value is -0.610. The molecule has 0 bridgehead atoms. The lowest BCUT2D eigenvalue weighted by Crippen LogP contribution is -2.36. The van der Waals surface area contributed by atoms with Crippen LogP contribution in [0.3, 0.4) is 0 Å². The zero-order valence-corrected chi connectivity index (χ0v) is 6.99. The predicted molar refractivity (Wildman–Crippen MR) is 43.5 cm³/mol. The average molecular weight is 173 g/mol. The third-order valence-electron chi connectivity index (χ3n) is 2.15. The third kappa shape index (κ3) is 2.46. The number of carbonyl (C=O) groups excluding carboxylic acids is 1. The van der Waals surface area contributed by atoms with Gasteiger partial charge in [-0.1, -0.05) is 0 Å². The maximum Gasteiger partial charge on any atom is 0.220 e. The van der Waals surface area contributed by atoms with E-state index in [4.69, 9.17) is 5.11 Å². The highest BCUT2D eigenvalue weighted by Gasteiger charge is 2.26. The number of aliphatic hydroxyl groups is 2. The monoisotopic (exact) mass is 173 g/mol. The summed E-state index contributed by atoms with van der Waals surface area (Å²) in [5.74, 6) is 0.0167. The van der Waals surface area contributed by atoms with Crippen LogP contribution in [0.15, 0.2) is 0 Å². The van der Waals surface area contributed by atoms with Crippen LogP contribution in [0.4, 0.5) is 0 Å². The fourth-order valence-electron chi connectivity index (χ4n) is 1.43. The molecule has 1 amide bonds. The normalized spacial score (nSPS) is 25.5. The molecular weight excluding hydrogens is 158 g/mol. The number of aliphatic hydroxyl groups excluding tert-OH is 2. The van der Waals surface area contributed by atoms with E-state index in [0.29, 0.717) is 25.7 Å². The molecule has 0 aromatic rings. The zero-order valence-electron chi connectivity index (χ0n) is 6.99. The van der Waals surface area contributed by atoms with E-state index in [2.05, 4.69) is 5.32 Å². The number of amides is 1. The zero-order chi connectivity index (χ0) is 8.97. The molecule has 70 valence electrons. The summed E-state index contributed by atoms with van der Waals surface area (Å²) in [6, 6.07) is -0.0935. The summed E-state index contributed by atoms with van der Waals surface area (Å²) in [7, 11) is 0. The fraction of sp³-hybridized carbons (Fsp3) is 0.875. The summed E-state index contributed by atoms with van der Waals surface area (Å²) < 4.78 is 0. The molecule has 2 unspecified atom stereocenters. The lowest BCUT2D eigenvalue weighted by Gasteiger charge is -2.16. The molecule has 0 aliphatic carbocycles. The van der Waals surface area contributed by atoms with Crippen LogP contribution >= 0.6 is 0 Å². The van der Waals surface area contributed by atoms with E-state index in [1.54, 1.807) is 0 Å². The number of rotatable bonds is 4. The van der Waals surface area contributed by atoms with Crippen molar-refractivity contribution in [1.29, 1.82) is 0 Å². The average Bonchev–Trinajstić information content (AvgIpc) is 2.47. The van der Waals surface area contributed by atoms with Crippen LogP contribution in [-0.4, -0.2) is 34.9 Å². The molecule has 0 aromatic carbocycles. The summed E-state index contributed by atoms with van der Waals surface area (Å²) in [6.45, 7) is 0.0950. The standard InChI is InChI=1S/C8H15NO3/c10-5-1-2-7(11)6-3-4-8(12)9-6/h6-7,10-11H,1-5H2,(H,9,12). The summed E-state index contributed by atoms with van der Waals surface area (Å²) in [5.41, 5.74) is 0. The van der Waals surface area contributed by atoms with Crippen LogP contribution in [0.5, 0.6) is 0 Å². The van der Waals surface area contributed by atoms with Crippen molar-refractivity contribution < 1.29 is 15.0 Å². The van der Waals surface area contributed by atoms with E-state index in [9.17, 15) is 9.90 Å². The number of nitrogens with one attached hydrogen (secondary N) is 1. The highest BCUT2D eigenvalue weighted by Crippen LogP contribution is 2.13. The summed E-state index contributed by atoms with van der Waals surface area (Å²) in [5, 5.41) is 20.7. The van der Waals surface area contributed by atoms with Gasteiger partial charge in [0.1, 0.15) is 0 Å². The first kappa shape index (κ1) is 9.48. The number of carbonyl (C=O) groups is 1. The predicted octanol–water partition coefficient (Wildman–Crippen LogP) is -0.602. The first-order valence-corrected chi connectivity index (χ1v) is 4.32. The smallest absolute Gasteiger partial charge is 0.220 e. The van der Waals surface area contributed by atoms with E-state index in [-0.39, 0.29) is 18.6 Å². The van der Waals surface area contributed by atoms with Gasteiger partial charge in [0.15, 0.2) is 0 Å². The van der Waals surface area contributed by atoms with E-state index >= 15 is 0 Å². The molecule has 0 spiro atoms. The van der Waals surface area contributed by atoms with Crippen LogP contribution in [0.25, 0.3) is 0 Å². The van der Waals surface area contributed by atoms with Gasteiger partial charge in [-0.15, -0.1) is 0 Å². The Bertz CT molecular complexity index is 160. The van der Waals surface area contributed by atoms with Crippen molar-refractivity contribution in [3.05, 3.63) is 0 Å². The maximum absolute atomic E-state index is 10.8. The Kier molecular flexibility index (Phi) is 3.49. The number of hydrogen-bond donors (Lipinski definition) is 3. The van der Waals surface area contributed by atoms with Crippen LogP contribution in [-0.2, 0) is 4.79 Å². The van der Waals surface area contributed by atoms with Gasteiger partial charge in [-0.05, 0) is 19.3 Å². The van der Waals surface area contributed by atoms with Gasteiger partial charge in [0.2, 0.25) is 5.91 Å². The Morgan fingerprint density at radius 2 is 2.42 bits per heavy atom. The van der Waals surface area contributed by atoms with Gasteiger partial charge in [0.05, 0.1) is 12.1 Å². The van der Waals surface area contributed by atoms with Gasteiger partial charge < -0.3 is 15.5 Å². The number of hydrogen-bond acceptors (Lipinski definition) is 3. The third-order valence-corrected chi connectivity index (χ3v) is 2.15. The molecule has 1 saturated heterocycles. The molecule has 0 radical (unpaired) electrons. The summed E-state index contributed by atoms with van der Waals surface area (Å²) in [6.07, 6.45) is 1.88. The second kappa shape index (κ2) is 4.42. The molecular formula is C8H15NO3. The molecule has 3 N–H and O–H groups in total. The fourth-order valence-corrected chi connectivity index (χ4v) is 1.43. The van der Waals surface area contributed by atoms with Crippen LogP contribution < -0.4 is 5.32 Å². The lowest BCUT2D eigenvalue weighted by molar-refractivity contribution is -0.119. The molecule has 1 aliphatic heterocycles. The van der Waals surface area contributed by atoms with E-state index < -0.39 is 6.10 Å². The van der Waals surface area contributed by atoms with Crippen LogP contribution in [0, 0.1) is 0 Å². The molecule has 0 saturated carbocycles. The Labute approximate surface area is 71.6 Å². The van der Waals surface area contributed by atoms with Crippen molar-refractivity contribution in [2.45, 2.75) is 37.8 Å². The first-order valence-electron chi connectivity index (χ1n) is 4.32.